The molecule has 2 aliphatic rings. The SMILES string of the molecule is COCCN1C(=O)C(=O)/C(=C(/O)c2ccc3c(c2)CC(C)O3)C1c1c(C)[nH]c2ccccc12. The van der Waals surface area contributed by atoms with Crippen LogP contribution in [0.4, 0.5) is 0 Å². The van der Waals surface area contributed by atoms with Gasteiger partial charge in [0, 0.05) is 47.8 Å². The van der Waals surface area contributed by atoms with Crippen LogP contribution >= 0.6 is 0 Å². The summed E-state index contributed by atoms with van der Waals surface area (Å²) in [5, 5.41) is 12.3. The number of nitrogens with one attached hydrogen (secondary N) is 1. The fraction of sp³-hybridized carbons (Fsp3) is 0.308. The van der Waals surface area contributed by atoms with Gasteiger partial charge in [0.1, 0.15) is 17.6 Å². The number of ether oxygens (including phenoxy) is 2. The van der Waals surface area contributed by atoms with Crippen LogP contribution in [0.3, 0.4) is 0 Å². The van der Waals surface area contributed by atoms with Gasteiger partial charge < -0.3 is 24.5 Å². The molecule has 3 aromatic rings. The van der Waals surface area contributed by atoms with Gasteiger partial charge in [-0.05, 0) is 43.7 Å². The normalized spacial score (nSPS) is 21.6. The predicted octanol–water partition coefficient (Wildman–Crippen LogP) is 3.87. The number of fused-ring (bicyclic) bond motifs is 2. The molecule has 33 heavy (non-hydrogen) atoms. The van der Waals surface area contributed by atoms with Gasteiger partial charge in [-0.1, -0.05) is 18.2 Å². The van der Waals surface area contributed by atoms with Crippen molar-refractivity contribution in [3.63, 3.8) is 0 Å². The topological polar surface area (TPSA) is 91.9 Å². The average molecular weight is 447 g/mol. The third-order valence-electron chi connectivity index (χ3n) is 6.46. The summed E-state index contributed by atoms with van der Waals surface area (Å²) in [6, 6.07) is 12.4. The number of aryl methyl sites for hydroxylation is 1. The Kier molecular flexibility index (Phi) is 5.21. The summed E-state index contributed by atoms with van der Waals surface area (Å²) in [6.07, 6.45) is 0.787. The van der Waals surface area contributed by atoms with Gasteiger partial charge in [0.2, 0.25) is 0 Å². The van der Waals surface area contributed by atoms with E-state index in [1.807, 2.05) is 44.2 Å². The number of benzene rings is 2. The second-order valence-corrected chi connectivity index (χ2v) is 8.65. The van der Waals surface area contributed by atoms with E-state index in [-0.39, 0.29) is 30.6 Å². The number of hydrogen-bond acceptors (Lipinski definition) is 5. The van der Waals surface area contributed by atoms with Gasteiger partial charge in [-0.25, -0.2) is 0 Å². The van der Waals surface area contributed by atoms with Gasteiger partial charge in [-0.3, -0.25) is 9.59 Å². The molecule has 0 saturated carbocycles. The van der Waals surface area contributed by atoms with Crippen LogP contribution < -0.4 is 4.74 Å². The van der Waals surface area contributed by atoms with E-state index in [1.165, 1.54) is 4.90 Å². The maximum Gasteiger partial charge on any atom is 0.295 e. The lowest BCUT2D eigenvalue weighted by atomic mass is 9.92. The lowest BCUT2D eigenvalue weighted by molar-refractivity contribution is -0.140. The van der Waals surface area contributed by atoms with Gasteiger partial charge >= 0.3 is 0 Å². The lowest BCUT2D eigenvalue weighted by Gasteiger charge is -2.25. The molecule has 2 aliphatic heterocycles. The first-order valence-corrected chi connectivity index (χ1v) is 11.0. The number of Topliss-reactive ketones (excluding diaryl/α,β-unsaturated/α-hetero) is 1. The molecule has 0 aliphatic carbocycles. The predicted molar refractivity (Wildman–Crippen MR) is 124 cm³/mol. The summed E-state index contributed by atoms with van der Waals surface area (Å²) < 4.78 is 11.0. The molecular formula is C26H26N2O5. The smallest absolute Gasteiger partial charge is 0.295 e. The van der Waals surface area contributed by atoms with Crippen molar-refractivity contribution in [2.45, 2.75) is 32.4 Å². The van der Waals surface area contributed by atoms with Crippen molar-refractivity contribution in [1.82, 2.24) is 9.88 Å². The van der Waals surface area contributed by atoms with Crippen LogP contribution in [-0.2, 0) is 20.7 Å². The Morgan fingerprint density at radius 3 is 2.82 bits per heavy atom. The number of para-hydroxylation sites is 1. The second-order valence-electron chi connectivity index (χ2n) is 8.65. The number of carbonyl (C=O) groups excluding carboxylic acids is 2. The molecule has 1 saturated heterocycles. The van der Waals surface area contributed by atoms with Crippen LogP contribution in [0.1, 0.15) is 35.3 Å². The van der Waals surface area contributed by atoms with Gasteiger partial charge in [0.25, 0.3) is 11.7 Å². The molecule has 0 radical (unpaired) electrons. The van der Waals surface area contributed by atoms with E-state index in [4.69, 9.17) is 9.47 Å². The van der Waals surface area contributed by atoms with Crippen LogP contribution in [-0.4, -0.2) is 53.0 Å². The highest BCUT2D eigenvalue weighted by Crippen LogP contribution is 2.43. The Bertz CT molecular complexity index is 1310. The molecule has 0 spiro atoms. The molecule has 170 valence electrons. The Balaban J connectivity index is 1.70. The maximum atomic E-state index is 13.2. The third kappa shape index (κ3) is 3.40. The molecule has 1 aromatic heterocycles. The molecule has 2 aromatic carbocycles. The van der Waals surface area contributed by atoms with Gasteiger partial charge in [-0.2, -0.15) is 0 Å². The number of hydrogen-bond donors (Lipinski definition) is 2. The molecule has 7 heteroatoms. The van der Waals surface area contributed by atoms with Crippen LogP contribution in [0.2, 0.25) is 0 Å². The van der Waals surface area contributed by atoms with Gasteiger partial charge in [0.15, 0.2) is 0 Å². The monoisotopic (exact) mass is 446 g/mol. The fourth-order valence-corrected chi connectivity index (χ4v) is 4.98. The highest BCUT2D eigenvalue weighted by atomic mass is 16.5. The van der Waals surface area contributed by atoms with Gasteiger partial charge in [0.05, 0.1) is 18.2 Å². The summed E-state index contributed by atoms with van der Waals surface area (Å²) in [4.78, 5) is 31.2. The molecule has 2 N–H and O–H groups in total. The number of aromatic nitrogens is 1. The van der Waals surface area contributed by atoms with E-state index in [2.05, 4.69) is 4.98 Å². The molecule has 0 bridgehead atoms. The number of nitrogens with zero attached hydrogens (tertiary/aromatic N) is 1. The van der Waals surface area contributed by atoms with Crippen molar-refractivity contribution in [3.05, 3.63) is 70.4 Å². The number of likely N-dealkylation sites (tertiary alicyclic amines) is 1. The van der Waals surface area contributed by atoms with E-state index in [0.717, 1.165) is 39.9 Å². The van der Waals surface area contributed by atoms with Crippen molar-refractivity contribution in [3.8, 4) is 5.75 Å². The Labute approximate surface area is 191 Å². The third-order valence-corrected chi connectivity index (χ3v) is 6.46. The zero-order chi connectivity index (χ0) is 23.3. The lowest BCUT2D eigenvalue weighted by Crippen LogP contribution is -2.32. The molecule has 7 nitrogen and oxygen atoms in total. The molecular weight excluding hydrogens is 420 g/mol. The van der Waals surface area contributed by atoms with Gasteiger partial charge in [-0.15, -0.1) is 0 Å². The van der Waals surface area contributed by atoms with E-state index >= 15 is 0 Å². The van der Waals surface area contributed by atoms with Crippen molar-refractivity contribution >= 4 is 28.4 Å². The molecule has 2 atom stereocenters. The van der Waals surface area contributed by atoms with Crippen molar-refractivity contribution in [2.75, 3.05) is 20.3 Å². The van der Waals surface area contributed by atoms with E-state index in [1.54, 1.807) is 19.2 Å². The summed E-state index contributed by atoms with van der Waals surface area (Å²) in [7, 11) is 1.55. The number of H-pyrrole nitrogens is 1. The number of ketones is 1. The summed E-state index contributed by atoms with van der Waals surface area (Å²) in [5.41, 5.74) is 4.12. The Morgan fingerprint density at radius 1 is 1.24 bits per heavy atom. The fourth-order valence-electron chi connectivity index (χ4n) is 4.98. The zero-order valence-electron chi connectivity index (χ0n) is 18.8. The number of rotatable bonds is 5. The Hall–Kier alpha value is -3.58. The second kappa shape index (κ2) is 8.08. The zero-order valence-corrected chi connectivity index (χ0v) is 18.8. The van der Waals surface area contributed by atoms with E-state index in [0.29, 0.717) is 5.56 Å². The number of methoxy groups -OCH3 is 1. The van der Waals surface area contributed by atoms with Crippen LogP contribution in [0.15, 0.2) is 48.0 Å². The Morgan fingerprint density at radius 2 is 2.03 bits per heavy atom. The number of carbonyl (C=O) groups is 2. The minimum atomic E-state index is -0.722. The molecule has 5 rings (SSSR count). The van der Waals surface area contributed by atoms with Crippen LogP contribution in [0.5, 0.6) is 5.75 Å². The summed E-state index contributed by atoms with van der Waals surface area (Å²) >= 11 is 0. The van der Waals surface area contributed by atoms with E-state index in [9.17, 15) is 14.7 Å². The summed E-state index contributed by atoms with van der Waals surface area (Å²) in [5.74, 6) is -0.723. The molecule has 1 fully saturated rings. The quantitative estimate of drug-likeness (QED) is 0.353. The standard InChI is InChI=1S/C26H26N2O5/c1-14-12-17-13-16(8-9-20(17)33-14)24(29)22-23(28(10-11-32-3)26(31)25(22)30)21-15(2)27-19-7-5-4-6-18(19)21/h4-9,13-14,23,27,29H,10-12H2,1-3H3/b24-22+. The number of amides is 1. The number of aliphatic hydroxyl groups is 1. The first-order chi connectivity index (χ1) is 15.9. The molecule has 1 amide bonds. The molecule has 3 heterocycles. The maximum absolute atomic E-state index is 13.2. The van der Waals surface area contributed by atoms with Crippen molar-refractivity contribution in [2.24, 2.45) is 0 Å². The van der Waals surface area contributed by atoms with E-state index < -0.39 is 17.7 Å². The van der Waals surface area contributed by atoms with Crippen molar-refractivity contribution in [1.29, 1.82) is 0 Å². The summed E-state index contributed by atoms with van der Waals surface area (Å²) in [6.45, 7) is 4.41. The number of aromatic amines is 1. The van der Waals surface area contributed by atoms with Crippen molar-refractivity contribution < 1.29 is 24.2 Å². The molecule has 2 unspecified atom stereocenters. The van der Waals surface area contributed by atoms with Crippen LogP contribution in [0.25, 0.3) is 16.7 Å². The van der Waals surface area contributed by atoms with Crippen LogP contribution in [0, 0.1) is 6.92 Å². The minimum Gasteiger partial charge on any atom is -0.507 e. The highest BCUT2D eigenvalue weighted by Gasteiger charge is 2.47. The number of aliphatic hydroxyl groups excluding tert-OH is 1. The average Bonchev–Trinajstić information content (AvgIpc) is 3.41. The first-order valence-electron chi connectivity index (χ1n) is 11.0. The highest BCUT2D eigenvalue weighted by molar-refractivity contribution is 6.46. The largest absolute Gasteiger partial charge is 0.507 e. The minimum absolute atomic E-state index is 0.0610. The first kappa shape index (κ1) is 21.3.